The Morgan fingerprint density at radius 1 is 1.64 bits per heavy atom. The van der Waals surface area contributed by atoms with Crippen molar-refractivity contribution in [1.82, 2.24) is 4.98 Å². The lowest BCUT2D eigenvalue weighted by molar-refractivity contribution is 0.100. The van der Waals surface area contributed by atoms with E-state index in [1.807, 2.05) is 0 Å². The Morgan fingerprint density at radius 2 is 2.36 bits per heavy atom. The molecule has 0 atom stereocenters. The number of aromatic nitrogens is 1. The fourth-order valence-corrected chi connectivity index (χ4v) is 0.919. The molecule has 0 fully saturated rings. The Morgan fingerprint density at radius 3 is 2.93 bits per heavy atom. The number of carbonyl (C=O) groups is 1. The summed E-state index contributed by atoms with van der Waals surface area (Å²) in [5.41, 5.74) is 5.12. The minimum atomic E-state index is -2.50. The lowest BCUT2D eigenvalue weighted by Gasteiger charge is -2.07. The highest BCUT2D eigenvalue weighted by atomic mass is 19.3. The third-order valence-corrected chi connectivity index (χ3v) is 1.50. The number of nitrogens with zero attached hydrogens (tertiary/aromatic N) is 1. The van der Waals surface area contributed by atoms with Crippen molar-refractivity contribution in [1.29, 1.82) is 0 Å². The van der Waals surface area contributed by atoms with Crippen molar-refractivity contribution >= 4 is 11.7 Å². The molecular formula is C8H9F2N3O. The van der Waals surface area contributed by atoms with Crippen molar-refractivity contribution in [2.45, 2.75) is 6.43 Å². The SMILES string of the molecule is NC(=O)c1cccnc1NCC(F)F. The summed E-state index contributed by atoms with van der Waals surface area (Å²) in [4.78, 5) is 14.5. The normalized spacial score (nSPS) is 10.2. The Labute approximate surface area is 79.1 Å². The van der Waals surface area contributed by atoms with Crippen LogP contribution in [0.4, 0.5) is 14.6 Å². The van der Waals surface area contributed by atoms with Crippen molar-refractivity contribution in [3.05, 3.63) is 23.9 Å². The molecule has 1 aromatic rings. The fraction of sp³-hybridized carbons (Fsp3) is 0.250. The number of alkyl halides is 2. The second kappa shape index (κ2) is 4.50. The van der Waals surface area contributed by atoms with Gasteiger partial charge in [0.25, 0.3) is 12.3 Å². The summed E-state index contributed by atoms with van der Waals surface area (Å²) >= 11 is 0. The summed E-state index contributed by atoms with van der Waals surface area (Å²) < 4.78 is 23.7. The molecule has 0 aliphatic heterocycles. The molecule has 0 saturated heterocycles. The lowest BCUT2D eigenvalue weighted by Crippen LogP contribution is -2.18. The van der Waals surface area contributed by atoms with E-state index < -0.39 is 18.9 Å². The first-order valence-electron chi connectivity index (χ1n) is 3.88. The number of hydrogen-bond acceptors (Lipinski definition) is 3. The van der Waals surface area contributed by atoms with E-state index in [1.54, 1.807) is 0 Å². The zero-order chi connectivity index (χ0) is 10.6. The molecule has 0 radical (unpaired) electrons. The molecule has 1 amide bonds. The molecule has 0 aliphatic carbocycles. The van der Waals surface area contributed by atoms with Crippen LogP contribution >= 0.6 is 0 Å². The van der Waals surface area contributed by atoms with Crippen molar-refractivity contribution in [3.63, 3.8) is 0 Å². The summed E-state index contributed by atoms with van der Waals surface area (Å²) in [7, 11) is 0. The molecule has 0 saturated carbocycles. The Kier molecular flexibility index (Phi) is 3.33. The highest BCUT2D eigenvalue weighted by Crippen LogP contribution is 2.10. The molecule has 0 unspecified atom stereocenters. The monoisotopic (exact) mass is 201 g/mol. The second-order valence-corrected chi connectivity index (χ2v) is 2.54. The molecule has 0 spiro atoms. The fourth-order valence-electron chi connectivity index (χ4n) is 0.919. The van der Waals surface area contributed by atoms with Gasteiger partial charge in [0.05, 0.1) is 12.1 Å². The third-order valence-electron chi connectivity index (χ3n) is 1.50. The summed E-state index contributed by atoms with van der Waals surface area (Å²) in [5.74, 6) is -0.616. The van der Waals surface area contributed by atoms with Gasteiger partial charge in [-0.15, -0.1) is 0 Å². The van der Waals surface area contributed by atoms with Crippen molar-refractivity contribution in [2.24, 2.45) is 5.73 Å². The van der Waals surface area contributed by atoms with Crippen LogP contribution in [0.3, 0.4) is 0 Å². The Hall–Kier alpha value is -1.72. The number of amides is 1. The number of pyridine rings is 1. The van der Waals surface area contributed by atoms with Crippen LogP contribution in [0.25, 0.3) is 0 Å². The molecule has 1 heterocycles. The van der Waals surface area contributed by atoms with E-state index >= 15 is 0 Å². The maximum absolute atomic E-state index is 11.8. The van der Waals surface area contributed by atoms with Gasteiger partial charge in [-0.05, 0) is 12.1 Å². The smallest absolute Gasteiger partial charge is 0.255 e. The van der Waals surface area contributed by atoms with E-state index in [1.165, 1.54) is 18.3 Å². The molecule has 14 heavy (non-hydrogen) atoms. The molecular weight excluding hydrogens is 192 g/mol. The van der Waals surface area contributed by atoms with Crippen molar-refractivity contribution in [3.8, 4) is 0 Å². The molecule has 0 aliphatic rings. The van der Waals surface area contributed by atoms with Crippen LogP contribution in [-0.4, -0.2) is 23.9 Å². The van der Waals surface area contributed by atoms with Gasteiger partial charge in [-0.3, -0.25) is 4.79 Å². The van der Waals surface area contributed by atoms with Crippen LogP contribution in [0.5, 0.6) is 0 Å². The van der Waals surface area contributed by atoms with Crippen LogP contribution in [0.2, 0.25) is 0 Å². The topological polar surface area (TPSA) is 68.0 Å². The zero-order valence-corrected chi connectivity index (χ0v) is 7.21. The van der Waals surface area contributed by atoms with E-state index in [-0.39, 0.29) is 11.4 Å². The predicted octanol–water partition coefficient (Wildman–Crippen LogP) is 0.858. The van der Waals surface area contributed by atoms with Gasteiger partial charge in [0, 0.05) is 6.20 Å². The first-order chi connectivity index (χ1) is 6.61. The zero-order valence-electron chi connectivity index (χ0n) is 7.21. The van der Waals surface area contributed by atoms with E-state index in [4.69, 9.17) is 5.73 Å². The van der Waals surface area contributed by atoms with Gasteiger partial charge in [-0.2, -0.15) is 0 Å². The lowest BCUT2D eigenvalue weighted by atomic mass is 10.2. The number of carbonyl (C=O) groups excluding carboxylic acids is 1. The second-order valence-electron chi connectivity index (χ2n) is 2.54. The van der Waals surface area contributed by atoms with Crippen LogP contribution in [-0.2, 0) is 0 Å². The summed E-state index contributed by atoms with van der Waals surface area (Å²) in [5, 5.41) is 2.33. The molecule has 6 heteroatoms. The van der Waals surface area contributed by atoms with E-state index in [0.29, 0.717) is 0 Å². The Bertz CT molecular complexity index is 330. The average molecular weight is 201 g/mol. The van der Waals surface area contributed by atoms with Crippen LogP contribution in [0.1, 0.15) is 10.4 Å². The highest BCUT2D eigenvalue weighted by molar-refractivity contribution is 5.97. The molecule has 3 N–H and O–H groups in total. The average Bonchev–Trinajstić information content (AvgIpc) is 2.15. The number of nitrogens with two attached hydrogens (primary N) is 1. The molecule has 4 nitrogen and oxygen atoms in total. The summed E-state index contributed by atoms with van der Waals surface area (Å²) in [6.45, 7) is -0.558. The van der Waals surface area contributed by atoms with Gasteiger partial charge >= 0.3 is 0 Å². The van der Waals surface area contributed by atoms with E-state index in [2.05, 4.69) is 10.3 Å². The van der Waals surface area contributed by atoms with Crippen molar-refractivity contribution in [2.75, 3.05) is 11.9 Å². The first-order valence-corrected chi connectivity index (χ1v) is 3.88. The van der Waals surface area contributed by atoms with E-state index in [9.17, 15) is 13.6 Å². The van der Waals surface area contributed by atoms with Gasteiger partial charge in [0.1, 0.15) is 5.82 Å². The van der Waals surface area contributed by atoms with Crippen LogP contribution in [0.15, 0.2) is 18.3 Å². The number of rotatable bonds is 4. The molecule has 1 rings (SSSR count). The van der Waals surface area contributed by atoms with E-state index in [0.717, 1.165) is 0 Å². The number of anilines is 1. The maximum Gasteiger partial charge on any atom is 0.255 e. The quantitative estimate of drug-likeness (QED) is 0.759. The largest absolute Gasteiger partial charge is 0.365 e. The number of hydrogen-bond donors (Lipinski definition) is 2. The van der Waals surface area contributed by atoms with Gasteiger partial charge < -0.3 is 11.1 Å². The molecule has 1 aromatic heterocycles. The van der Waals surface area contributed by atoms with Crippen molar-refractivity contribution < 1.29 is 13.6 Å². The number of primary amides is 1. The molecule has 76 valence electrons. The van der Waals surface area contributed by atoms with Gasteiger partial charge in [0.2, 0.25) is 0 Å². The minimum Gasteiger partial charge on any atom is -0.365 e. The third kappa shape index (κ3) is 2.65. The molecule has 0 aromatic carbocycles. The molecule has 0 bridgehead atoms. The van der Waals surface area contributed by atoms with Crippen LogP contribution in [0, 0.1) is 0 Å². The predicted molar refractivity (Wildman–Crippen MR) is 47.2 cm³/mol. The number of nitrogens with one attached hydrogen (secondary N) is 1. The van der Waals surface area contributed by atoms with Gasteiger partial charge in [-0.1, -0.05) is 0 Å². The van der Waals surface area contributed by atoms with Gasteiger partial charge in [0.15, 0.2) is 0 Å². The minimum absolute atomic E-state index is 0.0836. The summed E-state index contributed by atoms with van der Waals surface area (Å²) in [6.07, 6.45) is -1.11. The van der Waals surface area contributed by atoms with Crippen LogP contribution < -0.4 is 11.1 Å². The first kappa shape index (κ1) is 10.4. The summed E-state index contributed by atoms with van der Waals surface area (Å²) in [6, 6.07) is 2.93. The van der Waals surface area contributed by atoms with Gasteiger partial charge in [-0.25, -0.2) is 13.8 Å². The highest BCUT2D eigenvalue weighted by Gasteiger charge is 2.09. The standard InChI is InChI=1S/C8H9F2N3O/c9-6(10)4-13-8-5(7(11)14)2-1-3-12-8/h1-3,6H,4H2,(H2,11,14)(H,12,13). The maximum atomic E-state index is 11.8. The Balaban J connectivity index is 2.79. The number of halogens is 2.